The molecule has 20 heavy (non-hydrogen) atoms. The van der Waals surface area contributed by atoms with E-state index in [1.165, 1.54) is 24.3 Å². The Labute approximate surface area is 116 Å². The molecule has 1 N–H and O–H groups in total. The number of hydrogen-bond acceptors (Lipinski definition) is 2. The van der Waals surface area contributed by atoms with E-state index in [4.69, 9.17) is 5.26 Å². The van der Waals surface area contributed by atoms with Crippen molar-refractivity contribution in [1.29, 1.82) is 5.26 Å². The molecule has 0 unspecified atom stereocenters. The third-order valence-electron chi connectivity index (χ3n) is 2.56. The standard InChI is InChI=1S/C16H11FN2O/c17-14-6-4-5-12(10-14)9-13(11-18)16(20)19-15-7-2-1-3-8-15/h1-10H,(H,19,20). The maximum absolute atomic E-state index is 13.1. The Balaban J connectivity index is 2.20. The van der Waals surface area contributed by atoms with E-state index in [2.05, 4.69) is 5.32 Å². The first kappa shape index (κ1) is 13.5. The number of nitriles is 1. The summed E-state index contributed by atoms with van der Waals surface area (Å²) in [7, 11) is 0. The lowest BCUT2D eigenvalue weighted by molar-refractivity contribution is -0.112. The van der Waals surface area contributed by atoms with Crippen molar-refractivity contribution in [1.82, 2.24) is 0 Å². The molecular formula is C16H11FN2O. The molecule has 0 spiro atoms. The molecule has 0 bridgehead atoms. The van der Waals surface area contributed by atoms with Crippen LogP contribution < -0.4 is 5.32 Å². The number of amides is 1. The monoisotopic (exact) mass is 266 g/mol. The van der Waals surface area contributed by atoms with Crippen LogP contribution in [0.3, 0.4) is 0 Å². The topological polar surface area (TPSA) is 52.9 Å². The maximum Gasteiger partial charge on any atom is 0.266 e. The van der Waals surface area contributed by atoms with Crippen molar-refractivity contribution in [3.05, 3.63) is 71.6 Å². The van der Waals surface area contributed by atoms with Gasteiger partial charge in [-0.2, -0.15) is 5.26 Å². The number of nitrogens with zero attached hydrogens (tertiary/aromatic N) is 1. The lowest BCUT2D eigenvalue weighted by Crippen LogP contribution is -2.13. The Morgan fingerprint density at radius 2 is 1.90 bits per heavy atom. The zero-order valence-electron chi connectivity index (χ0n) is 10.5. The van der Waals surface area contributed by atoms with E-state index in [1.54, 1.807) is 30.3 Å². The molecule has 3 nitrogen and oxygen atoms in total. The molecule has 0 radical (unpaired) electrons. The van der Waals surface area contributed by atoms with Crippen LogP contribution in [0.1, 0.15) is 5.56 Å². The van der Waals surface area contributed by atoms with Gasteiger partial charge in [-0.25, -0.2) is 4.39 Å². The van der Waals surface area contributed by atoms with E-state index in [9.17, 15) is 9.18 Å². The summed E-state index contributed by atoms with van der Waals surface area (Å²) in [6, 6.07) is 16.3. The van der Waals surface area contributed by atoms with Gasteiger partial charge in [-0.05, 0) is 35.9 Å². The first-order valence-corrected chi connectivity index (χ1v) is 5.93. The number of rotatable bonds is 3. The summed E-state index contributed by atoms with van der Waals surface area (Å²) in [5.74, 6) is -0.942. The van der Waals surface area contributed by atoms with Crippen LogP contribution in [0.5, 0.6) is 0 Å². The minimum Gasteiger partial charge on any atom is -0.321 e. The number of anilines is 1. The second-order valence-corrected chi connectivity index (χ2v) is 4.04. The van der Waals surface area contributed by atoms with Crippen LogP contribution in [0, 0.1) is 17.1 Å². The lowest BCUT2D eigenvalue weighted by Gasteiger charge is -2.03. The third kappa shape index (κ3) is 3.53. The maximum atomic E-state index is 13.1. The van der Waals surface area contributed by atoms with Gasteiger partial charge in [-0.1, -0.05) is 30.3 Å². The molecule has 98 valence electrons. The molecule has 0 aliphatic heterocycles. The lowest BCUT2D eigenvalue weighted by atomic mass is 10.1. The van der Waals surface area contributed by atoms with Crippen molar-refractivity contribution in [2.24, 2.45) is 0 Å². The van der Waals surface area contributed by atoms with E-state index in [1.807, 2.05) is 12.1 Å². The molecule has 0 saturated heterocycles. The second kappa shape index (κ2) is 6.30. The largest absolute Gasteiger partial charge is 0.321 e. The Morgan fingerprint density at radius 1 is 1.15 bits per heavy atom. The van der Waals surface area contributed by atoms with Crippen molar-refractivity contribution in [2.45, 2.75) is 0 Å². The average molecular weight is 266 g/mol. The van der Waals surface area contributed by atoms with Crippen molar-refractivity contribution in [2.75, 3.05) is 5.32 Å². The van der Waals surface area contributed by atoms with Crippen molar-refractivity contribution >= 4 is 17.7 Å². The molecule has 0 aromatic heterocycles. The molecule has 0 heterocycles. The van der Waals surface area contributed by atoms with Crippen LogP contribution in [0.25, 0.3) is 6.08 Å². The SMILES string of the molecule is N#CC(=Cc1cccc(F)c1)C(=O)Nc1ccccc1. The van der Waals surface area contributed by atoms with E-state index in [0.29, 0.717) is 11.3 Å². The third-order valence-corrected chi connectivity index (χ3v) is 2.56. The summed E-state index contributed by atoms with van der Waals surface area (Å²) in [6.45, 7) is 0. The summed E-state index contributed by atoms with van der Waals surface area (Å²) in [5, 5.41) is 11.6. The van der Waals surface area contributed by atoms with Gasteiger partial charge in [0, 0.05) is 5.69 Å². The first-order valence-electron chi connectivity index (χ1n) is 5.93. The second-order valence-electron chi connectivity index (χ2n) is 4.04. The number of carbonyl (C=O) groups is 1. The van der Waals surface area contributed by atoms with Crippen molar-refractivity contribution < 1.29 is 9.18 Å². The molecule has 2 aromatic rings. The molecular weight excluding hydrogens is 255 g/mol. The quantitative estimate of drug-likeness (QED) is 0.684. The van der Waals surface area contributed by atoms with Gasteiger partial charge in [0.05, 0.1) is 0 Å². The number of halogens is 1. The molecule has 4 heteroatoms. The molecule has 0 atom stereocenters. The fourth-order valence-electron chi connectivity index (χ4n) is 1.63. The summed E-state index contributed by atoms with van der Waals surface area (Å²) >= 11 is 0. The van der Waals surface area contributed by atoms with E-state index >= 15 is 0 Å². The molecule has 0 aliphatic carbocycles. The number of benzene rings is 2. The molecule has 0 fully saturated rings. The highest BCUT2D eigenvalue weighted by Crippen LogP contribution is 2.11. The highest BCUT2D eigenvalue weighted by atomic mass is 19.1. The molecule has 2 aromatic carbocycles. The van der Waals surface area contributed by atoms with E-state index in [-0.39, 0.29) is 5.57 Å². The number of carbonyl (C=O) groups excluding carboxylic acids is 1. The Bertz CT molecular complexity index is 687. The van der Waals surface area contributed by atoms with Gasteiger partial charge in [0.15, 0.2) is 0 Å². The number of nitrogens with one attached hydrogen (secondary N) is 1. The number of para-hydroxylation sites is 1. The Morgan fingerprint density at radius 3 is 2.55 bits per heavy atom. The van der Waals surface area contributed by atoms with Crippen LogP contribution in [0.15, 0.2) is 60.2 Å². The summed E-state index contributed by atoms with van der Waals surface area (Å²) < 4.78 is 13.1. The minimum absolute atomic E-state index is 0.0838. The Hall–Kier alpha value is -2.93. The van der Waals surface area contributed by atoms with Crippen LogP contribution in [-0.4, -0.2) is 5.91 Å². The van der Waals surface area contributed by atoms with Crippen LogP contribution in [-0.2, 0) is 4.79 Å². The van der Waals surface area contributed by atoms with Gasteiger partial charge in [0.1, 0.15) is 17.5 Å². The number of hydrogen-bond donors (Lipinski definition) is 1. The average Bonchev–Trinajstić information content (AvgIpc) is 2.46. The van der Waals surface area contributed by atoms with Crippen LogP contribution in [0.4, 0.5) is 10.1 Å². The summed E-state index contributed by atoms with van der Waals surface area (Å²) in [5.41, 5.74) is 0.974. The normalized spacial score (nSPS) is 10.7. The van der Waals surface area contributed by atoms with Gasteiger partial charge in [-0.15, -0.1) is 0 Å². The smallest absolute Gasteiger partial charge is 0.266 e. The van der Waals surface area contributed by atoms with Crippen molar-refractivity contribution in [3.8, 4) is 6.07 Å². The predicted molar refractivity (Wildman–Crippen MR) is 75.1 cm³/mol. The summed E-state index contributed by atoms with van der Waals surface area (Å²) in [4.78, 5) is 11.9. The first-order chi connectivity index (χ1) is 9.69. The van der Waals surface area contributed by atoms with Gasteiger partial charge < -0.3 is 5.32 Å². The predicted octanol–water partition coefficient (Wildman–Crippen LogP) is 3.37. The van der Waals surface area contributed by atoms with Crippen LogP contribution >= 0.6 is 0 Å². The fraction of sp³-hybridized carbons (Fsp3) is 0. The minimum atomic E-state index is -0.525. The molecule has 0 saturated carbocycles. The molecule has 2 rings (SSSR count). The molecule has 0 aliphatic rings. The van der Waals surface area contributed by atoms with Gasteiger partial charge >= 0.3 is 0 Å². The van der Waals surface area contributed by atoms with Gasteiger partial charge in [0.2, 0.25) is 0 Å². The van der Waals surface area contributed by atoms with Gasteiger partial charge in [-0.3, -0.25) is 4.79 Å². The van der Waals surface area contributed by atoms with E-state index < -0.39 is 11.7 Å². The van der Waals surface area contributed by atoms with E-state index in [0.717, 1.165) is 0 Å². The molecule has 1 amide bonds. The highest BCUT2D eigenvalue weighted by molar-refractivity contribution is 6.09. The van der Waals surface area contributed by atoms with Crippen molar-refractivity contribution in [3.63, 3.8) is 0 Å². The fourth-order valence-corrected chi connectivity index (χ4v) is 1.63. The van der Waals surface area contributed by atoms with Gasteiger partial charge in [0.25, 0.3) is 5.91 Å². The highest BCUT2D eigenvalue weighted by Gasteiger charge is 2.09. The zero-order valence-corrected chi connectivity index (χ0v) is 10.5. The zero-order chi connectivity index (χ0) is 14.4. The summed E-state index contributed by atoms with van der Waals surface area (Å²) in [6.07, 6.45) is 1.35. The van der Waals surface area contributed by atoms with Crippen LogP contribution in [0.2, 0.25) is 0 Å². The Kier molecular flexibility index (Phi) is 4.25.